The summed E-state index contributed by atoms with van der Waals surface area (Å²) in [4.78, 5) is 14.3. The van der Waals surface area contributed by atoms with Crippen LogP contribution in [0.15, 0.2) is 11.6 Å². The van der Waals surface area contributed by atoms with Gasteiger partial charge in [0.15, 0.2) is 0 Å². The number of carbonyl (C=O) groups is 1. The second kappa shape index (κ2) is 10.9. The van der Waals surface area contributed by atoms with Crippen LogP contribution in [-0.2, 0) is 14.3 Å². The monoisotopic (exact) mass is 652 g/mol. The van der Waals surface area contributed by atoms with Crippen LogP contribution in [0.3, 0.4) is 0 Å². The fourth-order valence-corrected chi connectivity index (χ4v) is 12.0. The average Bonchev–Trinajstić information content (AvgIpc) is 3.01. The summed E-state index contributed by atoms with van der Waals surface area (Å²) < 4.78 is 11.3. The average molecular weight is 653 g/mol. The second-order valence-electron chi connectivity index (χ2n) is 17.1. The predicted octanol–water partition coefficient (Wildman–Crippen LogP) is 1.02. The molecule has 1 aliphatic heterocycles. The van der Waals surface area contributed by atoms with Crippen molar-refractivity contribution in [3.63, 3.8) is 0 Å². The van der Waals surface area contributed by atoms with Gasteiger partial charge in [0.1, 0.15) is 24.4 Å². The van der Waals surface area contributed by atoms with E-state index in [2.05, 4.69) is 19.9 Å². The van der Waals surface area contributed by atoms with Crippen LogP contribution in [0.1, 0.15) is 86.5 Å². The number of aliphatic hydroxyl groups is 8. The van der Waals surface area contributed by atoms with Crippen LogP contribution >= 0.6 is 0 Å². The number of rotatable bonds is 3. The maximum absolute atomic E-state index is 14.3. The molecule has 6 aliphatic rings. The Kier molecular flexibility index (Phi) is 8.24. The molecule has 1 saturated heterocycles. The summed E-state index contributed by atoms with van der Waals surface area (Å²) in [7, 11) is 0. The Morgan fingerprint density at radius 1 is 0.891 bits per heavy atom. The van der Waals surface area contributed by atoms with E-state index in [4.69, 9.17) is 9.47 Å². The van der Waals surface area contributed by atoms with E-state index in [1.165, 1.54) is 0 Å². The molecule has 0 bridgehead atoms. The van der Waals surface area contributed by atoms with Crippen LogP contribution in [0.2, 0.25) is 0 Å². The summed E-state index contributed by atoms with van der Waals surface area (Å²) in [5, 5.41) is 87.5. The van der Waals surface area contributed by atoms with E-state index in [1.54, 1.807) is 13.8 Å². The van der Waals surface area contributed by atoms with Crippen molar-refractivity contribution < 1.29 is 55.1 Å². The number of aliphatic hydroxyl groups excluding tert-OH is 7. The second-order valence-corrected chi connectivity index (χ2v) is 17.1. The summed E-state index contributed by atoms with van der Waals surface area (Å²) >= 11 is 0. The minimum Gasteiger partial charge on any atom is -0.432 e. The molecule has 0 aromatic carbocycles. The summed E-state index contributed by atoms with van der Waals surface area (Å²) in [6.45, 7) is 11.4. The maximum atomic E-state index is 14.3. The summed E-state index contributed by atoms with van der Waals surface area (Å²) in [5.74, 6) is -1.71. The van der Waals surface area contributed by atoms with Gasteiger partial charge in [0.05, 0.1) is 36.4 Å². The highest BCUT2D eigenvalue weighted by molar-refractivity contribution is 5.79. The standard InChI is InChI=1S/C35H56O11/c1-17-9-12-35(29(43)46-28-23(39)22(38)19(37)15-45-28)14-13-31(3)18(25(35)34(17,6)44)7-8-21-32(31,4)11-10-20-30(2,16-36)26(41)24(40)27(42)33(20,21)5/h7,17,19-28,36-42,44H,8-16H2,1-6H3/t17-,19-,20+,21+,22+,23-,24+,25-,26+,27-,28+,30+,31-,32-,33+,34-,35+/m1/s1. The first-order valence-electron chi connectivity index (χ1n) is 17.2. The number of hydrogen-bond donors (Lipinski definition) is 8. The number of hydrogen-bond acceptors (Lipinski definition) is 11. The number of fused-ring (bicyclic) bond motifs is 7. The largest absolute Gasteiger partial charge is 0.432 e. The minimum atomic E-state index is -1.62. The molecule has 0 unspecified atom stereocenters. The molecule has 262 valence electrons. The maximum Gasteiger partial charge on any atom is 0.315 e. The van der Waals surface area contributed by atoms with Gasteiger partial charge in [0.2, 0.25) is 6.29 Å². The Balaban J connectivity index is 1.42. The van der Waals surface area contributed by atoms with Gasteiger partial charge >= 0.3 is 5.97 Å². The lowest BCUT2D eigenvalue weighted by molar-refractivity contribution is -0.290. The van der Waals surface area contributed by atoms with E-state index in [9.17, 15) is 45.6 Å². The smallest absolute Gasteiger partial charge is 0.315 e. The number of allylic oxidation sites excluding steroid dienone is 1. The molecular weight excluding hydrogens is 596 g/mol. The third-order valence-electron chi connectivity index (χ3n) is 15.4. The van der Waals surface area contributed by atoms with Crippen LogP contribution in [0.4, 0.5) is 0 Å². The lowest BCUT2D eigenvalue weighted by Gasteiger charge is -2.72. The van der Waals surface area contributed by atoms with E-state index < -0.39 is 87.5 Å². The molecule has 8 N–H and O–H groups in total. The molecule has 17 atom stereocenters. The van der Waals surface area contributed by atoms with E-state index in [1.807, 2.05) is 13.8 Å². The van der Waals surface area contributed by atoms with E-state index in [0.717, 1.165) is 12.0 Å². The Hall–Kier alpha value is -1.15. The van der Waals surface area contributed by atoms with Crippen molar-refractivity contribution >= 4 is 5.97 Å². The van der Waals surface area contributed by atoms with Gasteiger partial charge in [-0.25, -0.2) is 0 Å². The normalized spacial score (nSPS) is 58.5. The molecule has 0 aromatic rings. The van der Waals surface area contributed by atoms with E-state index >= 15 is 0 Å². The molecule has 1 heterocycles. The van der Waals surface area contributed by atoms with Crippen LogP contribution in [0, 0.1) is 50.7 Å². The third-order valence-corrected chi connectivity index (χ3v) is 15.4. The van der Waals surface area contributed by atoms with Gasteiger partial charge in [-0.2, -0.15) is 0 Å². The van der Waals surface area contributed by atoms with Crippen molar-refractivity contribution in [2.45, 2.75) is 135 Å². The van der Waals surface area contributed by atoms with Crippen molar-refractivity contribution in [2.75, 3.05) is 13.2 Å². The predicted molar refractivity (Wildman–Crippen MR) is 164 cm³/mol. The van der Waals surface area contributed by atoms with Gasteiger partial charge in [-0.1, -0.05) is 46.3 Å². The fourth-order valence-electron chi connectivity index (χ4n) is 12.0. The van der Waals surface area contributed by atoms with Crippen molar-refractivity contribution in [1.82, 2.24) is 0 Å². The molecule has 0 aromatic heterocycles. The van der Waals surface area contributed by atoms with Crippen LogP contribution in [0.5, 0.6) is 0 Å². The molecular formula is C35H56O11. The molecule has 6 rings (SSSR count). The molecule has 0 radical (unpaired) electrons. The quantitative estimate of drug-likeness (QED) is 0.160. The molecule has 5 aliphatic carbocycles. The topological polar surface area (TPSA) is 197 Å². The van der Waals surface area contributed by atoms with Crippen LogP contribution in [0.25, 0.3) is 0 Å². The van der Waals surface area contributed by atoms with Gasteiger partial charge in [0, 0.05) is 16.7 Å². The molecule has 11 heteroatoms. The number of esters is 1. The van der Waals surface area contributed by atoms with Gasteiger partial charge in [-0.05, 0) is 80.5 Å². The third kappa shape index (κ3) is 4.19. The zero-order chi connectivity index (χ0) is 34.0. The number of ether oxygens (including phenoxy) is 2. The molecule has 0 amide bonds. The Bertz CT molecular complexity index is 1250. The highest BCUT2D eigenvalue weighted by atomic mass is 16.7. The van der Waals surface area contributed by atoms with Crippen LogP contribution < -0.4 is 0 Å². The molecule has 0 spiro atoms. The lowest BCUT2D eigenvalue weighted by atomic mass is 9.32. The van der Waals surface area contributed by atoms with Crippen molar-refractivity contribution in [3.05, 3.63) is 11.6 Å². The van der Waals surface area contributed by atoms with Gasteiger partial charge in [0.25, 0.3) is 0 Å². The fraction of sp³-hybridized carbons (Fsp3) is 0.914. The lowest BCUT2D eigenvalue weighted by Crippen LogP contribution is -2.73. The first-order chi connectivity index (χ1) is 21.3. The van der Waals surface area contributed by atoms with Gasteiger partial charge in [-0.3, -0.25) is 4.79 Å². The van der Waals surface area contributed by atoms with Crippen molar-refractivity contribution in [3.8, 4) is 0 Å². The Morgan fingerprint density at radius 3 is 2.22 bits per heavy atom. The minimum absolute atomic E-state index is 0.125. The SMILES string of the molecule is C[C@@H]1CC[C@]2(C(=O)O[C@@H]3OC[C@@H](O)[C@H](O)[C@H]3O)CC[C@]3(C)C(=CC[C@@H]4[C@@]5(C)[C@H](O)[C@@H](O)[C@H](O)[C@@](C)(CO)[C@@H]5CC[C@]43C)[C@@H]2[C@]1(C)O. The van der Waals surface area contributed by atoms with E-state index in [-0.39, 0.29) is 31.0 Å². The Morgan fingerprint density at radius 2 is 1.57 bits per heavy atom. The van der Waals surface area contributed by atoms with Gasteiger partial charge in [-0.15, -0.1) is 0 Å². The summed E-state index contributed by atoms with van der Waals surface area (Å²) in [6.07, 6.45) is -3.71. The Labute approximate surface area is 271 Å². The number of carbonyl (C=O) groups excluding carboxylic acids is 1. The van der Waals surface area contributed by atoms with E-state index in [0.29, 0.717) is 38.5 Å². The molecule has 11 nitrogen and oxygen atoms in total. The molecule has 4 saturated carbocycles. The molecule has 46 heavy (non-hydrogen) atoms. The van der Waals surface area contributed by atoms with Crippen molar-refractivity contribution in [1.29, 1.82) is 0 Å². The highest BCUT2D eigenvalue weighted by Crippen LogP contribution is 2.76. The zero-order valence-corrected chi connectivity index (χ0v) is 28.1. The molecule has 5 fully saturated rings. The first kappa shape index (κ1) is 34.7. The van der Waals surface area contributed by atoms with Crippen molar-refractivity contribution in [2.24, 2.45) is 50.7 Å². The zero-order valence-electron chi connectivity index (χ0n) is 28.1. The summed E-state index contributed by atoms with van der Waals surface area (Å²) in [5.41, 5.74) is -4.15. The first-order valence-corrected chi connectivity index (χ1v) is 17.2. The summed E-state index contributed by atoms with van der Waals surface area (Å²) in [6, 6.07) is 0. The van der Waals surface area contributed by atoms with Gasteiger partial charge < -0.3 is 50.3 Å². The highest BCUT2D eigenvalue weighted by Gasteiger charge is 2.74. The van der Waals surface area contributed by atoms with Crippen LogP contribution in [-0.4, -0.2) is 109 Å².